The fourth-order valence-corrected chi connectivity index (χ4v) is 3.76. The standard InChI is InChI=1S/C11H13N4O7P/c1-10(17)8-6(4-20-23(18,19)22-8)21-11(10,5-12)15-3-2-7(13)14-9(15)16/h2-3,6,8,17H,4H2,1H3,(H,18,19)(H2,13,14,16)/t6-,8-,10-,11-/m1/s1. The van der Waals surface area contributed by atoms with Crippen LogP contribution in [0, 0.1) is 11.3 Å². The fourth-order valence-electron chi connectivity index (χ4n) is 2.74. The predicted octanol–water partition coefficient (Wildman–Crippen LogP) is -1.33. The molecule has 3 heterocycles. The molecule has 12 heteroatoms. The lowest BCUT2D eigenvalue weighted by atomic mass is 9.88. The molecule has 2 aliphatic heterocycles. The minimum absolute atomic E-state index is 0.0751. The van der Waals surface area contributed by atoms with Crippen molar-refractivity contribution >= 4 is 13.6 Å². The van der Waals surface area contributed by atoms with Crippen molar-refractivity contribution in [2.24, 2.45) is 0 Å². The smallest absolute Gasteiger partial charge is 0.383 e. The van der Waals surface area contributed by atoms with E-state index in [0.29, 0.717) is 0 Å². The molecule has 0 radical (unpaired) electrons. The highest BCUT2D eigenvalue weighted by atomic mass is 31.2. The maximum absolute atomic E-state index is 12.1. The molecule has 0 bridgehead atoms. The molecule has 0 saturated carbocycles. The molecule has 0 aliphatic carbocycles. The van der Waals surface area contributed by atoms with Gasteiger partial charge in [-0.05, 0) is 13.0 Å². The van der Waals surface area contributed by atoms with E-state index in [-0.39, 0.29) is 5.82 Å². The molecule has 5 atom stereocenters. The summed E-state index contributed by atoms with van der Waals surface area (Å²) in [6, 6.07) is 2.98. The number of hydrogen-bond donors (Lipinski definition) is 3. The molecule has 3 rings (SSSR count). The number of nitrogen functional groups attached to an aromatic ring is 1. The number of ether oxygens (including phenoxy) is 1. The molecule has 4 N–H and O–H groups in total. The first kappa shape index (κ1) is 16.1. The van der Waals surface area contributed by atoms with E-state index in [4.69, 9.17) is 15.0 Å². The molecule has 2 aliphatic rings. The molecule has 124 valence electrons. The lowest BCUT2D eigenvalue weighted by Crippen LogP contribution is -2.58. The third-order valence-corrected chi connectivity index (χ3v) is 4.83. The van der Waals surface area contributed by atoms with Crippen LogP contribution in [-0.2, 0) is 24.1 Å². The average molecular weight is 344 g/mol. The van der Waals surface area contributed by atoms with Gasteiger partial charge in [-0.15, -0.1) is 0 Å². The van der Waals surface area contributed by atoms with E-state index < -0.39 is 43.7 Å². The van der Waals surface area contributed by atoms with Crippen LogP contribution in [0.1, 0.15) is 6.92 Å². The van der Waals surface area contributed by atoms with Crippen molar-refractivity contribution in [3.63, 3.8) is 0 Å². The Kier molecular flexibility index (Phi) is 3.39. The minimum Gasteiger partial charge on any atom is -0.383 e. The van der Waals surface area contributed by atoms with Crippen LogP contribution in [0.4, 0.5) is 5.82 Å². The zero-order chi connectivity index (χ0) is 17.0. The van der Waals surface area contributed by atoms with Gasteiger partial charge in [-0.25, -0.2) is 9.36 Å². The lowest BCUT2D eigenvalue weighted by Gasteiger charge is -2.36. The van der Waals surface area contributed by atoms with Gasteiger partial charge in [-0.1, -0.05) is 0 Å². The van der Waals surface area contributed by atoms with E-state index in [9.17, 15) is 24.6 Å². The number of hydrogen-bond acceptors (Lipinski definition) is 9. The normalized spacial score (nSPS) is 42.9. The molecule has 1 unspecified atom stereocenters. The first-order valence-electron chi connectivity index (χ1n) is 6.46. The van der Waals surface area contributed by atoms with E-state index in [1.165, 1.54) is 6.07 Å². The van der Waals surface area contributed by atoms with Crippen LogP contribution < -0.4 is 11.4 Å². The van der Waals surface area contributed by atoms with Gasteiger partial charge in [-0.2, -0.15) is 10.2 Å². The second-order valence-corrected chi connectivity index (χ2v) is 6.76. The summed E-state index contributed by atoms with van der Waals surface area (Å²) in [4.78, 5) is 25.0. The van der Waals surface area contributed by atoms with Gasteiger partial charge in [0, 0.05) is 6.20 Å². The summed E-state index contributed by atoms with van der Waals surface area (Å²) in [7, 11) is -4.39. The van der Waals surface area contributed by atoms with Crippen molar-refractivity contribution in [3.8, 4) is 6.07 Å². The molecule has 1 aromatic rings. The molecule has 2 fully saturated rings. The van der Waals surface area contributed by atoms with Gasteiger partial charge in [0.25, 0.3) is 5.72 Å². The van der Waals surface area contributed by atoms with Crippen molar-refractivity contribution in [2.75, 3.05) is 12.3 Å². The molecular weight excluding hydrogens is 331 g/mol. The van der Waals surface area contributed by atoms with Gasteiger partial charge in [0.15, 0.2) is 5.60 Å². The van der Waals surface area contributed by atoms with Crippen molar-refractivity contribution < 1.29 is 28.3 Å². The van der Waals surface area contributed by atoms with Crippen LogP contribution in [0.25, 0.3) is 0 Å². The molecule has 0 aromatic carbocycles. The number of aromatic nitrogens is 2. The summed E-state index contributed by atoms with van der Waals surface area (Å²) >= 11 is 0. The number of anilines is 1. The number of phosphoric acid groups is 1. The van der Waals surface area contributed by atoms with E-state index in [0.717, 1.165) is 17.7 Å². The lowest BCUT2D eigenvalue weighted by molar-refractivity contribution is -0.147. The monoisotopic (exact) mass is 344 g/mol. The molecule has 1 aromatic heterocycles. The number of phosphoric ester groups is 1. The topological polar surface area (TPSA) is 170 Å². The fraction of sp³-hybridized carbons (Fsp3) is 0.545. The van der Waals surface area contributed by atoms with Crippen LogP contribution in [0.15, 0.2) is 17.1 Å². The van der Waals surface area contributed by atoms with E-state index >= 15 is 0 Å². The van der Waals surface area contributed by atoms with Gasteiger partial charge in [0.2, 0.25) is 0 Å². The number of nitriles is 1. The second kappa shape index (κ2) is 4.85. The summed E-state index contributed by atoms with van der Waals surface area (Å²) in [5, 5.41) is 20.4. The van der Waals surface area contributed by atoms with Crippen LogP contribution >= 0.6 is 7.82 Å². The van der Waals surface area contributed by atoms with E-state index in [2.05, 4.69) is 9.51 Å². The number of rotatable bonds is 1. The summed E-state index contributed by atoms with van der Waals surface area (Å²) in [5.41, 5.74) is 0.103. The van der Waals surface area contributed by atoms with Crippen LogP contribution in [0.3, 0.4) is 0 Å². The van der Waals surface area contributed by atoms with E-state index in [1.807, 2.05) is 0 Å². The van der Waals surface area contributed by atoms with Crippen molar-refractivity contribution in [2.45, 2.75) is 30.5 Å². The van der Waals surface area contributed by atoms with Gasteiger partial charge >= 0.3 is 13.5 Å². The average Bonchev–Trinajstić information content (AvgIpc) is 2.67. The minimum atomic E-state index is -4.39. The summed E-state index contributed by atoms with van der Waals surface area (Å²) in [5.74, 6) is -0.0751. The molecule has 2 saturated heterocycles. The second-order valence-electron chi connectivity index (χ2n) is 5.35. The summed E-state index contributed by atoms with van der Waals surface area (Å²) in [6.07, 6.45) is -1.27. The summed E-state index contributed by atoms with van der Waals surface area (Å²) in [6.45, 7) is 0.768. The highest BCUT2D eigenvalue weighted by Crippen LogP contribution is 2.56. The first-order chi connectivity index (χ1) is 10.6. The van der Waals surface area contributed by atoms with Crippen LogP contribution in [0.2, 0.25) is 0 Å². The zero-order valence-corrected chi connectivity index (χ0v) is 12.7. The van der Waals surface area contributed by atoms with Crippen LogP contribution in [-0.4, -0.2) is 44.0 Å². The Balaban J connectivity index is 2.15. The third kappa shape index (κ3) is 2.20. The molecule has 0 amide bonds. The quantitative estimate of drug-likeness (QED) is 0.518. The Morgan fingerprint density at radius 2 is 2.35 bits per heavy atom. The van der Waals surface area contributed by atoms with Crippen molar-refractivity contribution in [3.05, 3.63) is 22.7 Å². The maximum Gasteiger partial charge on any atom is 0.472 e. The Labute approximate surface area is 129 Å². The first-order valence-corrected chi connectivity index (χ1v) is 7.95. The predicted molar refractivity (Wildman–Crippen MR) is 72.6 cm³/mol. The van der Waals surface area contributed by atoms with Gasteiger partial charge in [0.1, 0.15) is 24.1 Å². The molecule has 23 heavy (non-hydrogen) atoms. The number of aliphatic hydroxyl groups is 1. The zero-order valence-electron chi connectivity index (χ0n) is 11.8. The van der Waals surface area contributed by atoms with Gasteiger partial charge in [0.05, 0.1) is 6.61 Å². The Morgan fingerprint density at radius 1 is 1.65 bits per heavy atom. The Morgan fingerprint density at radius 3 is 2.96 bits per heavy atom. The third-order valence-electron chi connectivity index (χ3n) is 3.86. The molecular formula is C11H13N4O7P. The summed E-state index contributed by atoms with van der Waals surface area (Å²) < 4.78 is 27.3. The number of nitrogens with zero attached hydrogens (tertiary/aromatic N) is 3. The Bertz CT molecular complexity index is 802. The number of fused-ring (bicyclic) bond motifs is 1. The van der Waals surface area contributed by atoms with E-state index in [1.54, 1.807) is 6.07 Å². The number of nitrogens with two attached hydrogens (primary N) is 1. The molecule has 11 nitrogen and oxygen atoms in total. The highest BCUT2D eigenvalue weighted by molar-refractivity contribution is 7.47. The van der Waals surface area contributed by atoms with Crippen LogP contribution in [0.5, 0.6) is 0 Å². The van der Waals surface area contributed by atoms with Gasteiger partial charge in [-0.3, -0.25) is 13.6 Å². The Hall–Kier alpha value is -1.80. The molecule has 0 spiro atoms. The van der Waals surface area contributed by atoms with Crippen molar-refractivity contribution in [1.82, 2.24) is 9.55 Å². The van der Waals surface area contributed by atoms with Crippen molar-refractivity contribution in [1.29, 1.82) is 5.26 Å². The van der Waals surface area contributed by atoms with Gasteiger partial charge < -0.3 is 20.5 Å². The SMILES string of the molecule is C[C@@]1(O)[C@@H]2OP(=O)(O)OC[C@H]2O[C@@]1(C#N)n1ccc(N)nc1=O. The largest absolute Gasteiger partial charge is 0.472 e. The highest BCUT2D eigenvalue weighted by Gasteiger charge is 2.69. The maximum atomic E-state index is 12.1.